The maximum absolute atomic E-state index is 12.7. The van der Waals surface area contributed by atoms with Gasteiger partial charge in [-0.25, -0.2) is 4.57 Å². The largest absolute Gasteiger partial charge is 0.472 e. The second-order valence-electron chi connectivity index (χ2n) is 20.6. The average Bonchev–Trinajstić information content (AvgIpc) is 3.37. The highest BCUT2D eigenvalue weighted by molar-refractivity contribution is 7.47. The van der Waals surface area contributed by atoms with Crippen LogP contribution in [0.4, 0.5) is 0 Å². The van der Waals surface area contributed by atoms with Crippen molar-refractivity contribution in [2.75, 3.05) is 26.4 Å². The molecule has 0 aromatic heterocycles. The number of phosphoric ester groups is 1. The maximum atomic E-state index is 12.7. The SMILES string of the molecule is CC/C=C\C/C=C\C/C=C\C/C=C\CCCCCCCCCCC(=O)OC(COC(=O)CCCCCCCCCCCCCCCCCCCCCCCCCCCCCCCC)COP(=O)(O)OCCN. The Morgan fingerprint density at radius 2 is 0.764 bits per heavy atom. The fraction of sp³-hybridized carbons (Fsp3) is 0.839. The van der Waals surface area contributed by atoms with Crippen molar-refractivity contribution in [2.24, 2.45) is 5.73 Å². The first-order valence-electron chi connectivity index (χ1n) is 30.6. The number of allylic oxidation sites excluding steroid dienone is 8. The summed E-state index contributed by atoms with van der Waals surface area (Å²) in [6.45, 7) is 3.67. The molecule has 0 aromatic rings. The Hall–Kier alpha value is -2.03. The van der Waals surface area contributed by atoms with E-state index in [4.69, 9.17) is 24.3 Å². The van der Waals surface area contributed by atoms with Crippen LogP contribution in [0.3, 0.4) is 0 Å². The molecule has 3 N–H and O–H groups in total. The molecule has 422 valence electrons. The number of rotatable bonds is 58. The lowest BCUT2D eigenvalue weighted by Crippen LogP contribution is -2.29. The minimum absolute atomic E-state index is 0.0519. The molecule has 2 unspecified atom stereocenters. The van der Waals surface area contributed by atoms with Crippen molar-refractivity contribution in [3.05, 3.63) is 48.6 Å². The minimum atomic E-state index is -4.39. The van der Waals surface area contributed by atoms with Gasteiger partial charge >= 0.3 is 19.8 Å². The van der Waals surface area contributed by atoms with Gasteiger partial charge in [-0.1, -0.05) is 287 Å². The van der Waals surface area contributed by atoms with E-state index in [-0.39, 0.29) is 38.6 Å². The molecule has 0 aliphatic heterocycles. The van der Waals surface area contributed by atoms with Crippen molar-refractivity contribution in [3.8, 4) is 0 Å². The maximum Gasteiger partial charge on any atom is 0.472 e. The molecule has 0 aliphatic rings. The van der Waals surface area contributed by atoms with Crippen molar-refractivity contribution in [1.82, 2.24) is 0 Å². The summed E-state index contributed by atoms with van der Waals surface area (Å²) < 4.78 is 33.1. The summed E-state index contributed by atoms with van der Waals surface area (Å²) in [5.74, 6) is -0.824. The third kappa shape index (κ3) is 57.3. The molecule has 9 nitrogen and oxygen atoms in total. The highest BCUT2D eigenvalue weighted by Crippen LogP contribution is 2.43. The van der Waals surface area contributed by atoms with E-state index in [1.807, 2.05) is 0 Å². The lowest BCUT2D eigenvalue weighted by atomic mass is 10.0. The molecule has 0 aliphatic carbocycles. The molecular weight excluding hydrogens is 918 g/mol. The van der Waals surface area contributed by atoms with Gasteiger partial charge in [0.05, 0.1) is 13.2 Å². The summed E-state index contributed by atoms with van der Waals surface area (Å²) in [4.78, 5) is 35.2. The number of unbranched alkanes of at least 4 members (excludes halogenated alkanes) is 37. The van der Waals surface area contributed by atoms with Gasteiger partial charge < -0.3 is 20.1 Å². The van der Waals surface area contributed by atoms with Crippen LogP contribution in [0.1, 0.15) is 303 Å². The van der Waals surface area contributed by atoms with Crippen LogP contribution in [0.15, 0.2) is 48.6 Å². The number of esters is 2. The predicted molar refractivity (Wildman–Crippen MR) is 307 cm³/mol. The number of phosphoric acid groups is 1. The molecular formula is C62H116NO8P. The lowest BCUT2D eigenvalue weighted by molar-refractivity contribution is -0.161. The van der Waals surface area contributed by atoms with Crippen LogP contribution >= 0.6 is 7.82 Å². The smallest absolute Gasteiger partial charge is 0.462 e. The Morgan fingerprint density at radius 1 is 0.431 bits per heavy atom. The van der Waals surface area contributed by atoms with E-state index in [1.165, 1.54) is 199 Å². The first-order chi connectivity index (χ1) is 35.3. The highest BCUT2D eigenvalue weighted by atomic mass is 31.2. The first-order valence-corrected chi connectivity index (χ1v) is 32.1. The molecule has 72 heavy (non-hydrogen) atoms. The molecule has 0 saturated heterocycles. The van der Waals surface area contributed by atoms with Gasteiger partial charge in [-0.3, -0.25) is 18.6 Å². The van der Waals surface area contributed by atoms with E-state index < -0.39 is 26.5 Å². The zero-order valence-corrected chi connectivity index (χ0v) is 48.1. The third-order valence-electron chi connectivity index (χ3n) is 13.5. The number of carbonyl (C=O) groups is 2. The van der Waals surface area contributed by atoms with E-state index in [9.17, 15) is 19.0 Å². The molecule has 0 rings (SSSR count). The van der Waals surface area contributed by atoms with Gasteiger partial charge in [0.2, 0.25) is 0 Å². The predicted octanol–water partition coefficient (Wildman–Crippen LogP) is 19.4. The Balaban J connectivity index is 3.88. The van der Waals surface area contributed by atoms with Crippen LogP contribution in [0, 0.1) is 0 Å². The molecule has 10 heteroatoms. The van der Waals surface area contributed by atoms with Crippen molar-refractivity contribution in [2.45, 2.75) is 309 Å². The molecule has 0 bridgehead atoms. The monoisotopic (exact) mass is 1030 g/mol. The summed E-state index contributed by atoms with van der Waals surface area (Å²) in [6.07, 6.45) is 71.9. The number of hydrogen-bond acceptors (Lipinski definition) is 8. The summed E-state index contributed by atoms with van der Waals surface area (Å²) in [5, 5.41) is 0. The zero-order chi connectivity index (χ0) is 52.4. The fourth-order valence-corrected chi connectivity index (χ4v) is 9.75. The normalized spacial score (nSPS) is 13.3. The second-order valence-corrected chi connectivity index (χ2v) is 22.0. The van der Waals surface area contributed by atoms with Crippen LogP contribution in [-0.4, -0.2) is 49.3 Å². The van der Waals surface area contributed by atoms with Crippen LogP contribution in [0.25, 0.3) is 0 Å². The fourth-order valence-electron chi connectivity index (χ4n) is 8.98. The first kappa shape index (κ1) is 70.0. The number of hydrogen-bond donors (Lipinski definition) is 2. The summed E-state index contributed by atoms with van der Waals surface area (Å²) >= 11 is 0. The standard InChI is InChI=1S/C62H116NO8P/c1-3-5-7-9-11-13-15-17-19-21-23-25-26-27-28-29-30-31-32-33-35-36-38-40-42-44-46-48-50-52-54-61(64)68-58-60(59-70-72(66,67)69-57-56-63)71-62(65)55-53-51-49-47-45-43-41-39-37-34-24-22-20-18-16-14-12-10-8-6-4-2/h6,8,12,14,18,20,24,34,60H,3-5,7,9-11,13,15-17,19,21-23,25-33,35-59,63H2,1-2H3,(H,66,67)/b8-6-,14-12-,20-18-,34-24-. The van der Waals surface area contributed by atoms with Gasteiger partial charge in [-0.05, 0) is 51.4 Å². The van der Waals surface area contributed by atoms with Crippen LogP contribution in [0.5, 0.6) is 0 Å². The summed E-state index contributed by atoms with van der Waals surface area (Å²) in [6, 6.07) is 0. The quantitative estimate of drug-likeness (QED) is 0.0264. The zero-order valence-electron chi connectivity index (χ0n) is 47.2. The topological polar surface area (TPSA) is 134 Å². The molecule has 0 radical (unpaired) electrons. The average molecular weight is 1030 g/mol. The Labute approximate surface area is 445 Å². The van der Waals surface area contributed by atoms with Crippen LogP contribution < -0.4 is 5.73 Å². The molecule has 0 fully saturated rings. The van der Waals surface area contributed by atoms with Crippen molar-refractivity contribution >= 4 is 19.8 Å². The van der Waals surface area contributed by atoms with Gasteiger partial charge in [0.15, 0.2) is 6.10 Å². The van der Waals surface area contributed by atoms with Crippen LogP contribution in [-0.2, 0) is 32.7 Å². The number of ether oxygens (including phenoxy) is 2. The van der Waals surface area contributed by atoms with E-state index >= 15 is 0 Å². The van der Waals surface area contributed by atoms with Gasteiger partial charge in [-0.2, -0.15) is 0 Å². The molecule has 0 heterocycles. The summed E-state index contributed by atoms with van der Waals surface area (Å²) in [7, 11) is -4.39. The Morgan fingerprint density at radius 3 is 1.14 bits per heavy atom. The lowest BCUT2D eigenvalue weighted by Gasteiger charge is -2.19. The van der Waals surface area contributed by atoms with Crippen molar-refractivity contribution in [3.63, 3.8) is 0 Å². The molecule has 2 atom stereocenters. The van der Waals surface area contributed by atoms with Crippen LogP contribution in [0.2, 0.25) is 0 Å². The van der Waals surface area contributed by atoms with Gasteiger partial charge in [-0.15, -0.1) is 0 Å². The van der Waals surface area contributed by atoms with E-state index in [1.54, 1.807) is 0 Å². The Kier molecular flexibility index (Phi) is 56.6. The number of nitrogens with two attached hydrogens (primary N) is 1. The van der Waals surface area contributed by atoms with Gasteiger partial charge in [0.25, 0.3) is 0 Å². The second kappa shape index (κ2) is 58.2. The molecule has 0 spiro atoms. The van der Waals surface area contributed by atoms with Gasteiger partial charge in [0.1, 0.15) is 6.61 Å². The molecule has 0 amide bonds. The highest BCUT2D eigenvalue weighted by Gasteiger charge is 2.26. The van der Waals surface area contributed by atoms with Gasteiger partial charge in [0, 0.05) is 19.4 Å². The number of carbonyl (C=O) groups excluding carboxylic acids is 2. The summed E-state index contributed by atoms with van der Waals surface area (Å²) in [5.41, 5.74) is 5.38. The van der Waals surface area contributed by atoms with Crippen molar-refractivity contribution in [1.29, 1.82) is 0 Å². The molecule has 0 aromatic carbocycles. The minimum Gasteiger partial charge on any atom is -0.462 e. The molecule has 0 saturated carbocycles. The van der Waals surface area contributed by atoms with Crippen molar-refractivity contribution < 1.29 is 37.6 Å². The van der Waals surface area contributed by atoms with E-state index in [0.29, 0.717) is 6.42 Å². The Bertz CT molecular complexity index is 1320. The van der Waals surface area contributed by atoms with E-state index in [2.05, 4.69) is 62.5 Å². The van der Waals surface area contributed by atoms with E-state index in [0.717, 1.165) is 70.6 Å². The third-order valence-corrected chi connectivity index (χ3v) is 14.5.